The lowest BCUT2D eigenvalue weighted by atomic mass is 9.80. The first-order valence-corrected chi connectivity index (χ1v) is 8.37. The van der Waals surface area contributed by atoms with Crippen molar-refractivity contribution in [3.63, 3.8) is 0 Å². The van der Waals surface area contributed by atoms with Crippen molar-refractivity contribution in [2.45, 2.75) is 43.7 Å². The monoisotopic (exact) mass is 336 g/mol. The number of aliphatic hydroxyl groups is 1. The molecule has 1 saturated carbocycles. The van der Waals surface area contributed by atoms with Gasteiger partial charge in [-0.2, -0.15) is 0 Å². The van der Waals surface area contributed by atoms with Crippen molar-refractivity contribution < 1.29 is 14.7 Å². The minimum Gasteiger partial charge on any atom is -0.387 e. The van der Waals surface area contributed by atoms with Crippen molar-refractivity contribution in [1.29, 1.82) is 0 Å². The molecule has 1 aromatic carbocycles. The fourth-order valence-corrected chi connectivity index (χ4v) is 3.78. The van der Waals surface area contributed by atoms with Crippen molar-refractivity contribution in [3.05, 3.63) is 34.9 Å². The van der Waals surface area contributed by atoms with Gasteiger partial charge in [-0.05, 0) is 30.5 Å². The molecule has 23 heavy (non-hydrogen) atoms. The third kappa shape index (κ3) is 2.72. The van der Waals surface area contributed by atoms with Crippen LogP contribution in [0.3, 0.4) is 0 Å². The highest BCUT2D eigenvalue weighted by Gasteiger charge is 2.55. The highest BCUT2D eigenvalue weighted by Crippen LogP contribution is 2.39. The Bertz CT molecular complexity index is 611. The van der Waals surface area contributed by atoms with Gasteiger partial charge in [0.05, 0.1) is 12.6 Å². The Morgan fingerprint density at radius 3 is 2.39 bits per heavy atom. The number of carbonyl (C=O) groups is 2. The number of imide groups is 1. The Morgan fingerprint density at radius 2 is 1.78 bits per heavy atom. The van der Waals surface area contributed by atoms with Gasteiger partial charge in [0.1, 0.15) is 5.54 Å². The Morgan fingerprint density at radius 1 is 1.17 bits per heavy atom. The molecule has 1 atom stereocenters. The quantitative estimate of drug-likeness (QED) is 0.863. The summed E-state index contributed by atoms with van der Waals surface area (Å²) in [6.45, 7) is -0.0224. The van der Waals surface area contributed by atoms with Crippen LogP contribution in [0.25, 0.3) is 0 Å². The van der Waals surface area contributed by atoms with Crippen LogP contribution in [0.15, 0.2) is 24.3 Å². The number of hydrogen-bond acceptors (Lipinski definition) is 3. The molecule has 6 heteroatoms. The van der Waals surface area contributed by atoms with Gasteiger partial charge in [0.15, 0.2) is 0 Å². The number of likely N-dealkylation sites (N-methyl/N-ethyl adjacent to an activating group) is 1. The van der Waals surface area contributed by atoms with Gasteiger partial charge in [-0.15, -0.1) is 0 Å². The summed E-state index contributed by atoms with van der Waals surface area (Å²) in [5.74, 6) is -0.169. The van der Waals surface area contributed by atoms with Crippen LogP contribution in [0.1, 0.15) is 43.8 Å². The Kier molecular flexibility index (Phi) is 4.34. The van der Waals surface area contributed by atoms with E-state index in [9.17, 15) is 14.7 Å². The minimum absolute atomic E-state index is 0.0224. The molecule has 1 aliphatic heterocycles. The lowest BCUT2D eigenvalue weighted by Gasteiger charge is -2.35. The molecular formula is C17H21ClN2O3. The molecule has 0 radical (unpaired) electrons. The zero-order valence-corrected chi connectivity index (χ0v) is 13.9. The van der Waals surface area contributed by atoms with E-state index in [0.717, 1.165) is 19.3 Å². The number of amides is 3. The number of aliphatic hydroxyl groups excluding tert-OH is 1. The maximum atomic E-state index is 12.9. The topological polar surface area (TPSA) is 60.9 Å². The molecule has 0 unspecified atom stereocenters. The van der Waals surface area contributed by atoms with E-state index in [1.165, 1.54) is 4.90 Å². The molecule has 2 aliphatic rings. The molecule has 1 aromatic rings. The van der Waals surface area contributed by atoms with Crippen LogP contribution in [0.2, 0.25) is 5.02 Å². The molecule has 0 aromatic heterocycles. The molecule has 1 N–H and O–H groups in total. The van der Waals surface area contributed by atoms with E-state index in [1.807, 2.05) is 0 Å². The third-order valence-electron chi connectivity index (χ3n) is 5.09. The Balaban J connectivity index is 1.78. The molecular weight excluding hydrogens is 316 g/mol. The van der Waals surface area contributed by atoms with Crippen LogP contribution in [-0.2, 0) is 4.79 Å². The van der Waals surface area contributed by atoms with Gasteiger partial charge in [0, 0.05) is 12.1 Å². The molecule has 5 nitrogen and oxygen atoms in total. The fraction of sp³-hybridized carbons (Fsp3) is 0.529. The zero-order valence-electron chi connectivity index (χ0n) is 13.2. The molecule has 0 bridgehead atoms. The summed E-state index contributed by atoms with van der Waals surface area (Å²) < 4.78 is 0. The molecule has 1 saturated heterocycles. The number of halogens is 1. The van der Waals surface area contributed by atoms with Crippen molar-refractivity contribution in [2.75, 3.05) is 13.6 Å². The second-order valence-corrected chi connectivity index (χ2v) is 6.85. The van der Waals surface area contributed by atoms with E-state index < -0.39 is 11.6 Å². The van der Waals surface area contributed by atoms with E-state index in [0.29, 0.717) is 23.4 Å². The summed E-state index contributed by atoms with van der Waals surface area (Å²) in [6.07, 6.45) is 3.52. The lowest BCUT2D eigenvalue weighted by Crippen LogP contribution is -2.49. The highest BCUT2D eigenvalue weighted by atomic mass is 35.5. The molecule has 124 valence electrons. The van der Waals surface area contributed by atoms with Gasteiger partial charge < -0.3 is 10.0 Å². The summed E-state index contributed by atoms with van der Waals surface area (Å²) in [7, 11) is 1.69. The van der Waals surface area contributed by atoms with Gasteiger partial charge >= 0.3 is 6.03 Å². The predicted molar refractivity (Wildman–Crippen MR) is 87.1 cm³/mol. The molecule has 1 heterocycles. The van der Waals surface area contributed by atoms with E-state index in [2.05, 4.69) is 0 Å². The standard InChI is InChI=1S/C17H21ClN2O3/c1-19-16(23)20(15(22)17(19)9-3-2-4-10-17)11-14(21)12-5-7-13(18)8-6-12/h5-8,14,21H,2-4,9-11H2,1H3/t14-/m0/s1. The van der Waals surface area contributed by atoms with Crippen LogP contribution >= 0.6 is 11.6 Å². The van der Waals surface area contributed by atoms with E-state index in [4.69, 9.17) is 11.6 Å². The highest BCUT2D eigenvalue weighted by molar-refractivity contribution is 6.30. The molecule has 1 aliphatic carbocycles. The van der Waals surface area contributed by atoms with Crippen molar-refractivity contribution in [3.8, 4) is 0 Å². The van der Waals surface area contributed by atoms with E-state index >= 15 is 0 Å². The van der Waals surface area contributed by atoms with Crippen molar-refractivity contribution in [2.24, 2.45) is 0 Å². The second kappa shape index (κ2) is 6.13. The summed E-state index contributed by atoms with van der Waals surface area (Å²) in [6, 6.07) is 6.46. The zero-order chi connectivity index (χ0) is 16.6. The number of urea groups is 1. The van der Waals surface area contributed by atoms with Gasteiger partial charge in [0.2, 0.25) is 0 Å². The minimum atomic E-state index is -0.910. The summed E-state index contributed by atoms with van der Waals surface area (Å²) in [5.41, 5.74) is -0.0584. The summed E-state index contributed by atoms with van der Waals surface area (Å²) in [4.78, 5) is 28.1. The number of β-amino-alcohol motifs (C(OH)–C–C–N with tert-alkyl or cyclic N) is 1. The number of rotatable bonds is 3. The Labute approximate surface area is 140 Å². The molecule has 3 amide bonds. The van der Waals surface area contributed by atoms with Crippen LogP contribution in [0.5, 0.6) is 0 Å². The van der Waals surface area contributed by atoms with E-state index in [1.54, 1.807) is 36.2 Å². The second-order valence-electron chi connectivity index (χ2n) is 6.42. The maximum absolute atomic E-state index is 12.9. The summed E-state index contributed by atoms with van der Waals surface area (Å²) in [5, 5.41) is 11.0. The average Bonchev–Trinajstić information content (AvgIpc) is 2.72. The molecule has 3 rings (SSSR count). The van der Waals surface area contributed by atoms with Gasteiger partial charge in [-0.25, -0.2) is 4.79 Å². The molecule has 1 spiro atoms. The van der Waals surface area contributed by atoms with Gasteiger partial charge in [0.25, 0.3) is 5.91 Å². The van der Waals surface area contributed by atoms with Gasteiger partial charge in [-0.1, -0.05) is 43.0 Å². The van der Waals surface area contributed by atoms with Crippen molar-refractivity contribution in [1.82, 2.24) is 9.80 Å². The first-order valence-electron chi connectivity index (χ1n) is 7.99. The Hall–Kier alpha value is -1.59. The first kappa shape index (κ1) is 16.3. The van der Waals surface area contributed by atoms with Crippen LogP contribution in [0, 0.1) is 0 Å². The normalized spacial score (nSPS) is 22.0. The fourth-order valence-electron chi connectivity index (χ4n) is 3.66. The number of hydrogen-bond donors (Lipinski definition) is 1. The number of carbonyl (C=O) groups excluding carboxylic acids is 2. The van der Waals surface area contributed by atoms with Crippen LogP contribution in [0.4, 0.5) is 4.79 Å². The van der Waals surface area contributed by atoms with Gasteiger partial charge in [-0.3, -0.25) is 9.69 Å². The molecule has 2 fully saturated rings. The largest absolute Gasteiger partial charge is 0.387 e. The predicted octanol–water partition coefficient (Wildman–Crippen LogP) is 2.97. The smallest absolute Gasteiger partial charge is 0.327 e. The summed E-state index contributed by atoms with van der Waals surface area (Å²) >= 11 is 5.84. The van der Waals surface area contributed by atoms with Crippen LogP contribution < -0.4 is 0 Å². The first-order chi connectivity index (χ1) is 11.0. The van der Waals surface area contributed by atoms with E-state index in [-0.39, 0.29) is 18.5 Å². The number of benzene rings is 1. The SMILES string of the molecule is CN1C(=O)N(C[C@H](O)c2ccc(Cl)cc2)C(=O)C12CCCCC2. The number of nitrogens with zero attached hydrogens (tertiary/aromatic N) is 2. The maximum Gasteiger partial charge on any atom is 0.327 e. The average molecular weight is 337 g/mol. The lowest BCUT2D eigenvalue weighted by molar-refractivity contribution is -0.135. The van der Waals surface area contributed by atoms with Crippen LogP contribution in [-0.4, -0.2) is 46.0 Å². The van der Waals surface area contributed by atoms with Crippen molar-refractivity contribution >= 4 is 23.5 Å². The third-order valence-corrected chi connectivity index (χ3v) is 5.35.